The fourth-order valence-electron chi connectivity index (χ4n) is 2.09. The number of aromatic hydroxyl groups is 2. The maximum Gasteiger partial charge on any atom is 0.323 e. The Morgan fingerprint density at radius 2 is 1.79 bits per heavy atom. The molecular weight excluding hydrogens is 314 g/mol. The summed E-state index contributed by atoms with van der Waals surface area (Å²) in [6.45, 7) is 3.31. The van der Waals surface area contributed by atoms with Crippen LogP contribution in [0.1, 0.15) is 32.3 Å². The van der Waals surface area contributed by atoms with Gasteiger partial charge in [0.1, 0.15) is 18.2 Å². The zero-order chi connectivity index (χ0) is 17.9. The summed E-state index contributed by atoms with van der Waals surface area (Å²) in [6.07, 6.45) is 0.690. The molecule has 7 nitrogen and oxygen atoms in total. The second-order valence-electron chi connectivity index (χ2n) is 6.19. The molecule has 1 aliphatic carbocycles. The van der Waals surface area contributed by atoms with Crippen molar-refractivity contribution in [2.75, 3.05) is 0 Å². The molecule has 1 saturated carbocycles. The van der Waals surface area contributed by atoms with E-state index in [2.05, 4.69) is 0 Å². The van der Waals surface area contributed by atoms with Crippen LogP contribution in [0.2, 0.25) is 0 Å². The van der Waals surface area contributed by atoms with Gasteiger partial charge in [0.05, 0.1) is 5.92 Å². The second kappa shape index (κ2) is 7.53. The molecule has 2 rings (SSSR count). The van der Waals surface area contributed by atoms with E-state index in [4.69, 9.17) is 15.2 Å². The van der Waals surface area contributed by atoms with Crippen LogP contribution >= 0.6 is 0 Å². The summed E-state index contributed by atoms with van der Waals surface area (Å²) in [5.41, 5.74) is 6.41. The number of nitrogens with two attached hydrogens (primary N) is 1. The Kier molecular flexibility index (Phi) is 5.66. The Morgan fingerprint density at radius 1 is 1.17 bits per heavy atom. The molecular formula is C17H23NO6. The van der Waals surface area contributed by atoms with Crippen molar-refractivity contribution in [2.24, 2.45) is 11.7 Å². The van der Waals surface area contributed by atoms with Crippen LogP contribution in [0.4, 0.5) is 0 Å². The summed E-state index contributed by atoms with van der Waals surface area (Å²) in [4.78, 5) is 23.7. The van der Waals surface area contributed by atoms with Gasteiger partial charge in [0, 0.05) is 0 Å². The predicted octanol–water partition coefficient (Wildman–Crippen LogP) is 1.24. The van der Waals surface area contributed by atoms with Crippen molar-refractivity contribution < 1.29 is 29.3 Å². The van der Waals surface area contributed by atoms with Crippen molar-refractivity contribution in [3.8, 4) is 11.5 Å². The zero-order valence-electron chi connectivity index (χ0n) is 13.8. The number of esters is 2. The summed E-state index contributed by atoms with van der Waals surface area (Å²) in [7, 11) is 0. The molecule has 3 atom stereocenters. The number of phenolic OH excluding ortho intramolecular Hbond substituents is 2. The molecule has 7 heteroatoms. The molecule has 0 bridgehead atoms. The Labute approximate surface area is 140 Å². The number of carbonyl (C=O) groups is 2. The topological polar surface area (TPSA) is 119 Å². The number of benzene rings is 1. The average molecular weight is 337 g/mol. The van der Waals surface area contributed by atoms with Gasteiger partial charge in [-0.3, -0.25) is 9.59 Å². The summed E-state index contributed by atoms with van der Waals surface area (Å²) in [6, 6.07) is 3.30. The molecule has 0 aliphatic heterocycles. The third kappa shape index (κ3) is 4.86. The Bertz CT molecular complexity index is 613. The lowest BCUT2D eigenvalue weighted by atomic mass is 10.1. The molecule has 1 fully saturated rings. The highest BCUT2D eigenvalue weighted by Gasteiger charge is 2.33. The first-order valence-electron chi connectivity index (χ1n) is 7.95. The van der Waals surface area contributed by atoms with Crippen LogP contribution < -0.4 is 5.73 Å². The third-order valence-electron chi connectivity index (χ3n) is 3.97. The first-order valence-corrected chi connectivity index (χ1v) is 7.95. The molecule has 1 aliphatic rings. The smallest absolute Gasteiger partial charge is 0.323 e. The first-order chi connectivity index (χ1) is 11.3. The van der Waals surface area contributed by atoms with Crippen molar-refractivity contribution in [2.45, 2.75) is 51.4 Å². The molecule has 24 heavy (non-hydrogen) atoms. The minimum absolute atomic E-state index is 0.0141. The van der Waals surface area contributed by atoms with Crippen LogP contribution in [0.5, 0.6) is 11.5 Å². The fourth-order valence-corrected chi connectivity index (χ4v) is 2.09. The van der Waals surface area contributed by atoms with Crippen LogP contribution in [0.25, 0.3) is 0 Å². The van der Waals surface area contributed by atoms with Gasteiger partial charge in [0.2, 0.25) is 0 Å². The summed E-state index contributed by atoms with van der Waals surface area (Å²) in [5, 5.41) is 18.7. The fraction of sp³-hybridized carbons (Fsp3) is 0.529. The van der Waals surface area contributed by atoms with E-state index in [1.165, 1.54) is 12.1 Å². The van der Waals surface area contributed by atoms with Crippen molar-refractivity contribution >= 4 is 11.9 Å². The minimum Gasteiger partial charge on any atom is -0.504 e. The monoisotopic (exact) mass is 337 g/mol. The van der Waals surface area contributed by atoms with Crippen molar-refractivity contribution in [1.82, 2.24) is 0 Å². The highest BCUT2D eigenvalue weighted by Crippen LogP contribution is 2.30. The molecule has 0 unspecified atom stereocenters. The zero-order valence-corrected chi connectivity index (χ0v) is 13.8. The van der Waals surface area contributed by atoms with Gasteiger partial charge in [-0.2, -0.15) is 0 Å². The van der Waals surface area contributed by atoms with E-state index < -0.39 is 24.2 Å². The van der Waals surface area contributed by atoms with Crippen molar-refractivity contribution in [1.29, 1.82) is 0 Å². The molecule has 0 saturated heterocycles. The summed E-state index contributed by atoms with van der Waals surface area (Å²) >= 11 is 0. The van der Waals surface area contributed by atoms with E-state index >= 15 is 0 Å². The number of rotatable bonds is 7. The third-order valence-corrected chi connectivity index (χ3v) is 3.97. The van der Waals surface area contributed by atoms with Crippen LogP contribution in [-0.4, -0.2) is 40.4 Å². The van der Waals surface area contributed by atoms with Gasteiger partial charge >= 0.3 is 11.9 Å². The molecule has 0 spiro atoms. The van der Waals surface area contributed by atoms with Gasteiger partial charge in [-0.1, -0.05) is 6.07 Å². The first kappa shape index (κ1) is 18.1. The van der Waals surface area contributed by atoms with Crippen LogP contribution in [-0.2, 0) is 25.5 Å². The molecule has 132 valence electrons. The molecule has 0 amide bonds. The van der Waals surface area contributed by atoms with Crippen molar-refractivity contribution in [3.05, 3.63) is 23.8 Å². The van der Waals surface area contributed by atoms with E-state index in [9.17, 15) is 19.8 Å². The van der Waals surface area contributed by atoms with E-state index in [-0.39, 0.29) is 29.8 Å². The van der Waals surface area contributed by atoms with Crippen LogP contribution in [0.15, 0.2) is 18.2 Å². The second-order valence-corrected chi connectivity index (χ2v) is 6.19. The number of carbonyl (C=O) groups excluding carboxylic acids is 2. The lowest BCUT2D eigenvalue weighted by Gasteiger charge is -2.22. The lowest BCUT2D eigenvalue weighted by molar-refractivity contribution is -0.167. The molecule has 0 heterocycles. The number of hydrogen-bond acceptors (Lipinski definition) is 7. The normalized spacial score (nSPS) is 17.6. The predicted molar refractivity (Wildman–Crippen MR) is 85.3 cm³/mol. The molecule has 0 aromatic heterocycles. The standard InChI is InChI=1S/C17H23NO6/c1-9(23-16(21)12-4-5-12)10(2)24-17(22)13(18)7-11-3-6-14(19)15(20)8-11/h3,6,8-10,12-13,19-20H,4-5,7,18H2,1-2H3/t9-,10-,13-/m0/s1. The Hall–Kier alpha value is -2.28. The summed E-state index contributed by atoms with van der Waals surface area (Å²) in [5.74, 6) is -1.41. The van der Waals surface area contributed by atoms with Gasteiger partial charge in [-0.25, -0.2) is 0 Å². The van der Waals surface area contributed by atoms with E-state index in [0.717, 1.165) is 12.8 Å². The lowest BCUT2D eigenvalue weighted by Crippen LogP contribution is -2.39. The number of ether oxygens (including phenoxy) is 2. The average Bonchev–Trinajstić information content (AvgIpc) is 3.35. The largest absolute Gasteiger partial charge is 0.504 e. The maximum absolute atomic E-state index is 12.0. The number of phenols is 2. The quantitative estimate of drug-likeness (QED) is 0.506. The molecule has 4 N–H and O–H groups in total. The molecule has 1 aromatic carbocycles. The van der Waals surface area contributed by atoms with E-state index in [0.29, 0.717) is 5.56 Å². The van der Waals surface area contributed by atoms with Gasteiger partial charge in [-0.15, -0.1) is 0 Å². The molecule has 1 aromatic rings. The SMILES string of the molecule is C[C@H](OC(=O)C1CC1)[C@H](C)OC(=O)[C@@H](N)Cc1ccc(O)c(O)c1. The van der Waals surface area contributed by atoms with E-state index in [1.54, 1.807) is 19.9 Å². The van der Waals surface area contributed by atoms with Gasteiger partial charge in [0.25, 0.3) is 0 Å². The Balaban J connectivity index is 1.83. The molecule has 0 radical (unpaired) electrons. The number of hydrogen-bond donors (Lipinski definition) is 3. The summed E-state index contributed by atoms with van der Waals surface area (Å²) < 4.78 is 10.5. The minimum atomic E-state index is -0.928. The van der Waals surface area contributed by atoms with Gasteiger partial charge in [0.15, 0.2) is 11.5 Å². The van der Waals surface area contributed by atoms with Gasteiger partial charge in [-0.05, 0) is 50.8 Å². The van der Waals surface area contributed by atoms with Crippen LogP contribution in [0, 0.1) is 5.92 Å². The highest BCUT2D eigenvalue weighted by atomic mass is 16.6. The van der Waals surface area contributed by atoms with E-state index in [1.807, 2.05) is 0 Å². The van der Waals surface area contributed by atoms with Crippen LogP contribution in [0.3, 0.4) is 0 Å². The van der Waals surface area contributed by atoms with Gasteiger partial charge < -0.3 is 25.4 Å². The Morgan fingerprint density at radius 3 is 2.38 bits per heavy atom. The highest BCUT2D eigenvalue weighted by molar-refractivity contribution is 5.76. The van der Waals surface area contributed by atoms with Crippen molar-refractivity contribution in [3.63, 3.8) is 0 Å². The maximum atomic E-state index is 12.0.